The van der Waals surface area contributed by atoms with Crippen molar-refractivity contribution in [2.45, 2.75) is 25.8 Å². The summed E-state index contributed by atoms with van der Waals surface area (Å²) >= 11 is 1.77. The Morgan fingerprint density at radius 1 is 1.33 bits per heavy atom. The van der Waals surface area contributed by atoms with Crippen LogP contribution in [0.5, 0.6) is 5.75 Å². The van der Waals surface area contributed by atoms with Gasteiger partial charge in [0.15, 0.2) is 0 Å². The molecule has 2 N–H and O–H groups in total. The maximum atomic E-state index is 6.12. The van der Waals surface area contributed by atoms with Crippen LogP contribution in [-0.2, 0) is 12.0 Å². The molecule has 0 bridgehead atoms. The molecule has 0 aliphatic heterocycles. The van der Waals surface area contributed by atoms with Gasteiger partial charge < -0.3 is 15.0 Å². The van der Waals surface area contributed by atoms with Crippen molar-refractivity contribution in [3.8, 4) is 5.75 Å². The molecule has 0 saturated carbocycles. The van der Waals surface area contributed by atoms with E-state index in [2.05, 4.69) is 40.9 Å². The second-order valence-electron chi connectivity index (χ2n) is 5.77. The van der Waals surface area contributed by atoms with E-state index in [0.717, 1.165) is 23.3 Å². The molecule has 0 atom stereocenters. The quantitative estimate of drug-likeness (QED) is 0.800. The second-order valence-corrected chi connectivity index (χ2v) is 6.72. The van der Waals surface area contributed by atoms with Crippen molar-refractivity contribution in [1.29, 1.82) is 0 Å². The number of rotatable bonds is 4. The van der Waals surface area contributed by atoms with E-state index in [1.807, 2.05) is 18.2 Å². The highest BCUT2D eigenvalue weighted by Gasteiger charge is 2.24. The van der Waals surface area contributed by atoms with E-state index in [0.29, 0.717) is 5.95 Å². The molecule has 0 aliphatic carbocycles. The lowest BCUT2D eigenvalue weighted by molar-refractivity contribution is 0.415. The Kier molecular flexibility index (Phi) is 3.37. The molecular formula is C16H19N3OS. The molecule has 0 fully saturated rings. The van der Waals surface area contributed by atoms with Gasteiger partial charge in [-0.25, -0.2) is 4.98 Å². The summed E-state index contributed by atoms with van der Waals surface area (Å²) in [7, 11) is 1.65. The number of anilines is 1. The van der Waals surface area contributed by atoms with E-state index in [4.69, 9.17) is 10.5 Å². The van der Waals surface area contributed by atoms with Gasteiger partial charge in [-0.3, -0.25) is 0 Å². The fourth-order valence-electron chi connectivity index (χ4n) is 2.56. The minimum Gasteiger partial charge on any atom is -0.497 e. The topological polar surface area (TPSA) is 53.1 Å². The number of thiophene rings is 1. The molecule has 0 saturated heterocycles. The van der Waals surface area contributed by atoms with Crippen LogP contribution in [-0.4, -0.2) is 16.7 Å². The van der Waals surface area contributed by atoms with Crippen LogP contribution in [0.1, 0.15) is 18.7 Å². The minimum absolute atomic E-state index is 0.00977. The summed E-state index contributed by atoms with van der Waals surface area (Å²) in [6, 6.07) is 10.1. The van der Waals surface area contributed by atoms with Crippen LogP contribution in [0.3, 0.4) is 0 Å². The van der Waals surface area contributed by atoms with E-state index >= 15 is 0 Å². The number of nitrogen functional groups attached to an aromatic ring is 1. The van der Waals surface area contributed by atoms with E-state index < -0.39 is 0 Å². The number of fused-ring (bicyclic) bond motifs is 1. The van der Waals surface area contributed by atoms with Crippen molar-refractivity contribution in [3.63, 3.8) is 0 Å². The third-order valence-corrected chi connectivity index (χ3v) is 4.96. The number of hydrogen-bond acceptors (Lipinski definition) is 4. The fraction of sp³-hybridized carbons (Fsp3) is 0.312. The van der Waals surface area contributed by atoms with Gasteiger partial charge in [-0.15, -0.1) is 11.3 Å². The van der Waals surface area contributed by atoms with E-state index in [9.17, 15) is 0 Å². The molecule has 2 aromatic heterocycles. The van der Waals surface area contributed by atoms with Crippen molar-refractivity contribution in [2.24, 2.45) is 0 Å². The highest BCUT2D eigenvalue weighted by atomic mass is 32.1. The van der Waals surface area contributed by atoms with Gasteiger partial charge in [0, 0.05) is 22.9 Å². The van der Waals surface area contributed by atoms with Gasteiger partial charge in [0.1, 0.15) is 5.75 Å². The summed E-state index contributed by atoms with van der Waals surface area (Å²) in [5.74, 6) is 1.34. The molecular weight excluding hydrogens is 282 g/mol. The van der Waals surface area contributed by atoms with Gasteiger partial charge >= 0.3 is 0 Å². The number of nitrogens with zero attached hydrogens (tertiary/aromatic N) is 2. The standard InChI is InChI=1S/C16H19N3OS/c1-16(2,14-5-4-8-21-14)10-19-13-7-6-11(20-3)9-12(13)18-15(19)17/h4-9H,10H2,1-3H3,(H2,17,18). The highest BCUT2D eigenvalue weighted by molar-refractivity contribution is 7.10. The smallest absolute Gasteiger partial charge is 0.201 e. The summed E-state index contributed by atoms with van der Waals surface area (Å²) in [5, 5.41) is 2.11. The minimum atomic E-state index is 0.00977. The Hall–Kier alpha value is -2.01. The monoisotopic (exact) mass is 301 g/mol. The zero-order valence-corrected chi connectivity index (χ0v) is 13.3. The van der Waals surface area contributed by atoms with Gasteiger partial charge in [0.25, 0.3) is 0 Å². The normalized spacial score (nSPS) is 12.0. The van der Waals surface area contributed by atoms with Crippen molar-refractivity contribution < 1.29 is 4.74 Å². The van der Waals surface area contributed by atoms with Gasteiger partial charge in [-0.2, -0.15) is 0 Å². The Morgan fingerprint density at radius 3 is 2.81 bits per heavy atom. The van der Waals surface area contributed by atoms with Crippen molar-refractivity contribution in [2.75, 3.05) is 12.8 Å². The van der Waals surface area contributed by atoms with Gasteiger partial charge in [-0.1, -0.05) is 19.9 Å². The maximum absolute atomic E-state index is 6.12. The summed E-state index contributed by atoms with van der Waals surface area (Å²) in [4.78, 5) is 5.80. The van der Waals surface area contributed by atoms with Crippen molar-refractivity contribution in [1.82, 2.24) is 9.55 Å². The SMILES string of the molecule is COc1ccc2c(c1)nc(N)n2CC(C)(C)c1cccs1. The molecule has 2 heterocycles. The van der Waals surface area contributed by atoms with Gasteiger partial charge in [0.05, 0.1) is 18.1 Å². The van der Waals surface area contributed by atoms with Gasteiger partial charge in [-0.05, 0) is 23.6 Å². The Morgan fingerprint density at radius 2 is 2.14 bits per heavy atom. The zero-order chi connectivity index (χ0) is 15.0. The van der Waals surface area contributed by atoms with E-state index in [-0.39, 0.29) is 5.41 Å². The lowest BCUT2D eigenvalue weighted by Gasteiger charge is -2.24. The number of aromatic nitrogens is 2. The van der Waals surface area contributed by atoms with Crippen LogP contribution in [0.15, 0.2) is 35.7 Å². The van der Waals surface area contributed by atoms with Gasteiger partial charge in [0.2, 0.25) is 5.95 Å². The Labute approximate surface area is 128 Å². The lowest BCUT2D eigenvalue weighted by Crippen LogP contribution is -2.24. The predicted octanol–water partition coefficient (Wildman–Crippen LogP) is 3.67. The second kappa shape index (κ2) is 5.07. The van der Waals surface area contributed by atoms with Crippen LogP contribution in [0.4, 0.5) is 5.95 Å². The number of ether oxygens (including phenoxy) is 1. The third kappa shape index (κ3) is 2.49. The molecule has 0 amide bonds. The highest BCUT2D eigenvalue weighted by Crippen LogP contribution is 2.32. The third-order valence-electron chi connectivity index (χ3n) is 3.73. The number of imidazole rings is 1. The fourth-order valence-corrected chi connectivity index (χ4v) is 3.40. The molecule has 4 nitrogen and oxygen atoms in total. The first kappa shape index (κ1) is 13.9. The predicted molar refractivity (Wildman–Crippen MR) is 88.0 cm³/mol. The first-order chi connectivity index (χ1) is 10.0. The van der Waals surface area contributed by atoms with Crippen LogP contribution in [0.25, 0.3) is 11.0 Å². The molecule has 110 valence electrons. The summed E-state index contributed by atoms with van der Waals surface area (Å²) < 4.78 is 7.32. The summed E-state index contributed by atoms with van der Waals surface area (Å²) in [5.41, 5.74) is 8.04. The molecule has 1 aromatic carbocycles. The zero-order valence-electron chi connectivity index (χ0n) is 12.5. The maximum Gasteiger partial charge on any atom is 0.201 e. The summed E-state index contributed by atoms with van der Waals surface area (Å²) in [6.45, 7) is 5.25. The van der Waals surface area contributed by atoms with Crippen LogP contribution >= 0.6 is 11.3 Å². The van der Waals surface area contributed by atoms with Crippen LogP contribution in [0, 0.1) is 0 Å². The average molecular weight is 301 g/mol. The molecule has 0 aliphatic rings. The largest absolute Gasteiger partial charge is 0.497 e. The Balaban J connectivity index is 2.03. The number of benzene rings is 1. The molecule has 0 radical (unpaired) electrons. The van der Waals surface area contributed by atoms with E-state index in [1.54, 1.807) is 18.4 Å². The molecule has 5 heteroatoms. The van der Waals surface area contributed by atoms with Crippen molar-refractivity contribution >= 4 is 28.3 Å². The molecule has 0 unspecified atom stereocenters. The average Bonchev–Trinajstić information content (AvgIpc) is 3.08. The van der Waals surface area contributed by atoms with Crippen LogP contribution in [0.2, 0.25) is 0 Å². The summed E-state index contributed by atoms with van der Waals surface area (Å²) in [6.07, 6.45) is 0. The number of methoxy groups -OCH3 is 1. The first-order valence-electron chi connectivity index (χ1n) is 6.85. The Bertz CT molecular complexity index is 759. The van der Waals surface area contributed by atoms with E-state index in [1.165, 1.54) is 4.88 Å². The molecule has 3 rings (SSSR count). The molecule has 21 heavy (non-hydrogen) atoms. The molecule has 3 aromatic rings. The number of hydrogen-bond donors (Lipinski definition) is 1. The lowest BCUT2D eigenvalue weighted by atomic mass is 9.91. The molecule has 0 spiro atoms. The van der Waals surface area contributed by atoms with Crippen molar-refractivity contribution in [3.05, 3.63) is 40.6 Å². The first-order valence-corrected chi connectivity index (χ1v) is 7.73. The number of nitrogens with two attached hydrogens (primary N) is 1. The van der Waals surface area contributed by atoms with Crippen LogP contribution < -0.4 is 10.5 Å².